The fraction of sp³-hybridized carbons (Fsp3) is 0.269. The highest BCUT2D eigenvalue weighted by atomic mass is 19.1. The molecular weight excluding hydrogens is 421 g/mol. The molecular formula is C26H30FN3O3. The van der Waals surface area contributed by atoms with Crippen LogP contribution >= 0.6 is 0 Å². The number of halogens is 1. The molecule has 0 aliphatic rings. The van der Waals surface area contributed by atoms with E-state index < -0.39 is 11.7 Å². The van der Waals surface area contributed by atoms with Crippen LogP contribution in [0, 0.1) is 5.82 Å². The number of carbonyl (C=O) groups is 1. The maximum absolute atomic E-state index is 13.4. The van der Waals surface area contributed by atoms with Crippen LogP contribution in [0.15, 0.2) is 66.7 Å². The van der Waals surface area contributed by atoms with Gasteiger partial charge >= 0.3 is 6.09 Å². The summed E-state index contributed by atoms with van der Waals surface area (Å²) < 4.78 is 24.3. The van der Waals surface area contributed by atoms with Crippen molar-refractivity contribution in [2.24, 2.45) is 0 Å². The van der Waals surface area contributed by atoms with Gasteiger partial charge < -0.3 is 20.5 Å². The smallest absolute Gasteiger partial charge is 0.414 e. The van der Waals surface area contributed by atoms with Gasteiger partial charge in [-0.2, -0.15) is 0 Å². The number of rotatable bonds is 7. The molecule has 3 aromatic carbocycles. The van der Waals surface area contributed by atoms with Crippen molar-refractivity contribution in [3.8, 4) is 11.1 Å². The van der Waals surface area contributed by atoms with Gasteiger partial charge in [0, 0.05) is 18.5 Å². The number of methoxy groups -OCH3 is 1. The van der Waals surface area contributed by atoms with Crippen molar-refractivity contribution in [3.63, 3.8) is 0 Å². The molecule has 174 valence electrons. The van der Waals surface area contributed by atoms with Gasteiger partial charge in [-0.05, 0) is 80.4 Å². The van der Waals surface area contributed by atoms with Gasteiger partial charge in [0.25, 0.3) is 0 Å². The number of carbonyl (C=O) groups excluding carboxylic acids is 1. The Morgan fingerprint density at radius 2 is 1.64 bits per heavy atom. The summed E-state index contributed by atoms with van der Waals surface area (Å²) in [4.78, 5) is 14.6. The summed E-state index contributed by atoms with van der Waals surface area (Å²) in [5.74, 6) is -0.300. The zero-order valence-electron chi connectivity index (χ0n) is 19.4. The number of nitrogens with two attached hydrogens (primary N) is 1. The van der Waals surface area contributed by atoms with Crippen molar-refractivity contribution in [1.29, 1.82) is 0 Å². The largest absolute Gasteiger partial charge is 0.443 e. The van der Waals surface area contributed by atoms with Gasteiger partial charge in [0.15, 0.2) is 0 Å². The number of amides is 1. The number of hydrogen-bond donors (Lipinski definition) is 2. The Bertz CT molecular complexity index is 1080. The first-order valence-corrected chi connectivity index (χ1v) is 10.7. The maximum Gasteiger partial charge on any atom is 0.414 e. The first kappa shape index (κ1) is 24.1. The predicted octanol–water partition coefficient (Wildman–Crippen LogP) is 6.21. The fourth-order valence-electron chi connectivity index (χ4n) is 3.23. The molecule has 0 fully saturated rings. The SMILES string of the molecule is COCCN(C(=O)OC(C)(C)C)c1ccc(-c2ccc(F)cc2)cc1Nc1ccc(N)cc1. The molecule has 0 atom stereocenters. The normalized spacial score (nSPS) is 11.2. The summed E-state index contributed by atoms with van der Waals surface area (Å²) >= 11 is 0. The van der Waals surface area contributed by atoms with Crippen LogP contribution in [0.1, 0.15) is 20.8 Å². The van der Waals surface area contributed by atoms with Gasteiger partial charge in [0.2, 0.25) is 0 Å². The van der Waals surface area contributed by atoms with E-state index in [4.69, 9.17) is 15.2 Å². The molecule has 33 heavy (non-hydrogen) atoms. The molecule has 3 rings (SSSR count). The number of nitrogens with zero attached hydrogens (tertiary/aromatic N) is 1. The number of benzene rings is 3. The van der Waals surface area contributed by atoms with Crippen LogP contribution in [0.2, 0.25) is 0 Å². The Balaban J connectivity index is 2.06. The summed E-state index contributed by atoms with van der Waals surface area (Å²) in [7, 11) is 1.58. The Kier molecular flexibility index (Phi) is 7.55. The number of nitrogen functional groups attached to an aromatic ring is 1. The van der Waals surface area contributed by atoms with Crippen molar-refractivity contribution in [3.05, 3.63) is 72.5 Å². The molecule has 0 saturated heterocycles. The number of nitrogens with one attached hydrogen (secondary N) is 1. The van der Waals surface area contributed by atoms with Gasteiger partial charge in [0.05, 0.1) is 24.5 Å². The second-order valence-electron chi connectivity index (χ2n) is 8.61. The van der Waals surface area contributed by atoms with Crippen molar-refractivity contribution in [1.82, 2.24) is 0 Å². The van der Waals surface area contributed by atoms with E-state index in [1.165, 1.54) is 12.1 Å². The average molecular weight is 452 g/mol. The summed E-state index contributed by atoms with van der Waals surface area (Å²) in [5.41, 5.74) is 9.65. The summed E-state index contributed by atoms with van der Waals surface area (Å²) in [6.45, 7) is 6.11. The van der Waals surface area contributed by atoms with E-state index in [9.17, 15) is 9.18 Å². The second-order valence-corrected chi connectivity index (χ2v) is 8.61. The standard InChI is InChI=1S/C26H30FN3O3/c1-26(2,3)33-25(31)30(15-16-32-4)24-14-7-19(18-5-8-20(27)9-6-18)17-23(24)29-22-12-10-21(28)11-13-22/h5-14,17,29H,15-16,28H2,1-4H3. The van der Waals surface area contributed by atoms with Gasteiger partial charge in [-0.25, -0.2) is 9.18 Å². The molecule has 0 spiro atoms. The molecule has 0 aromatic heterocycles. The maximum atomic E-state index is 13.4. The van der Waals surface area contributed by atoms with E-state index in [0.717, 1.165) is 16.8 Å². The van der Waals surface area contributed by atoms with E-state index in [-0.39, 0.29) is 5.82 Å². The quantitative estimate of drug-likeness (QED) is 0.418. The molecule has 3 aromatic rings. The predicted molar refractivity (Wildman–Crippen MR) is 131 cm³/mol. The molecule has 0 radical (unpaired) electrons. The molecule has 0 aliphatic heterocycles. The van der Waals surface area contributed by atoms with Gasteiger partial charge in [-0.15, -0.1) is 0 Å². The van der Waals surface area contributed by atoms with E-state index in [0.29, 0.717) is 30.2 Å². The van der Waals surface area contributed by atoms with Crippen LogP contribution in [-0.4, -0.2) is 32.0 Å². The molecule has 0 saturated carbocycles. The fourth-order valence-corrected chi connectivity index (χ4v) is 3.23. The Labute approximate surface area is 194 Å². The minimum Gasteiger partial charge on any atom is -0.443 e. The van der Waals surface area contributed by atoms with E-state index >= 15 is 0 Å². The Hall–Kier alpha value is -3.58. The number of hydrogen-bond acceptors (Lipinski definition) is 5. The molecule has 0 unspecified atom stereocenters. The number of ether oxygens (including phenoxy) is 2. The van der Waals surface area contributed by atoms with Crippen LogP contribution in [0.3, 0.4) is 0 Å². The Morgan fingerprint density at radius 3 is 2.24 bits per heavy atom. The topological polar surface area (TPSA) is 76.8 Å². The summed E-state index contributed by atoms with van der Waals surface area (Å²) in [6.07, 6.45) is -0.477. The Morgan fingerprint density at radius 1 is 1.00 bits per heavy atom. The third kappa shape index (κ3) is 6.70. The third-order valence-corrected chi connectivity index (χ3v) is 4.79. The third-order valence-electron chi connectivity index (χ3n) is 4.79. The van der Waals surface area contributed by atoms with Crippen molar-refractivity contribution in [2.75, 3.05) is 36.2 Å². The lowest BCUT2D eigenvalue weighted by atomic mass is 10.0. The summed E-state index contributed by atoms with van der Waals surface area (Å²) in [5, 5.41) is 3.38. The number of anilines is 4. The molecule has 1 amide bonds. The van der Waals surface area contributed by atoms with Crippen molar-refractivity contribution in [2.45, 2.75) is 26.4 Å². The highest BCUT2D eigenvalue weighted by molar-refractivity contribution is 5.94. The molecule has 7 heteroatoms. The van der Waals surface area contributed by atoms with Crippen LogP contribution in [0.25, 0.3) is 11.1 Å². The van der Waals surface area contributed by atoms with Crippen LogP contribution in [0.5, 0.6) is 0 Å². The first-order chi connectivity index (χ1) is 15.7. The molecule has 0 bridgehead atoms. The van der Waals surface area contributed by atoms with E-state index in [2.05, 4.69) is 5.32 Å². The summed E-state index contributed by atoms with van der Waals surface area (Å²) in [6, 6.07) is 19.2. The average Bonchev–Trinajstić information content (AvgIpc) is 2.76. The van der Waals surface area contributed by atoms with Crippen molar-refractivity contribution >= 4 is 28.8 Å². The highest BCUT2D eigenvalue weighted by Gasteiger charge is 2.25. The van der Waals surface area contributed by atoms with Crippen LogP contribution in [0.4, 0.5) is 31.9 Å². The highest BCUT2D eigenvalue weighted by Crippen LogP contribution is 2.35. The lowest BCUT2D eigenvalue weighted by Crippen LogP contribution is -2.39. The minimum absolute atomic E-state index is 0.300. The van der Waals surface area contributed by atoms with Crippen LogP contribution in [-0.2, 0) is 9.47 Å². The van der Waals surface area contributed by atoms with Gasteiger partial charge in [0.1, 0.15) is 11.4 Å². The monoisotopic (exact) mass is 451 g/mol. The molecule has 3 N–H and O–H groups in total. The zero-order valence-corrected chi connectivity index (χ0v) is 19.4. The van der Waals surface area contributed by atoms with Gasteiger partial charge in [-0.3, -0.25) is 4.90 Å². The van der Waals surface area contributed by atoms with Gasteiger partial charge in [-0.1, -0.05) is 18.2 Å². The molecule has 0 aliphatic carbocycles. The van der Waals surface area contributed by atoms with Crippen LogP contribution < -0.4 is 16.0 Å². The lowest BCUT2D eigenvalue weighted by molar-refractivity contribution is 0.0569. The van der Waals surface area contributed by atoms with E-state index in [1.54, 1.807) is 36.3 Å². The zero-order chi connectivity index (χ0) is 24.0. The van der Waals surface area contributed by atoms with Crippen molar-refractivity contribution < 1.29 is 18.7 Å². The minimum atomic E-state index is -0.652. The van der Waals surface area contributed by atoms with E-state index in [1.807, 2.05) is 51.1 Å². The molecule has 6 nitrogen and oxygen atoms in total. The lowest BCUT2D eigenvalue weighted by Gasteiger charge is -2.29. The molecule has 0 heterocycles. The first-order valence-electron chi connectivity index (χ1n) is 10.7. The second kappa shape index (κ2) is 10.4.